The number of anilines is 1. The van der Waals surface area contributed by atoms with Crippen molar-refractivity contribution in [3.05, 3.63) is 15.6 Å². The first kappa shape index (κ1) is 20.8. The zero-order valence-electron chi connectivity index (χ0n) is 14.7. The first-order valence-electron chi connectivity index (χ1n) is 8.55. The van der Waals surface area contributed by atoms with Gasteiger partial charge < -0.3 is 20.7 Å². The van der Waals surface area contributed by atoms with Crippen LogP contribution in [0, 0.1) is 0 Å². The minimum absolute atomic E-state index is 0.0373. The second-order valence-electron chi connectivity index (χ2n) is 6.56. The van der Waals surface area contributed by atoms with E-state index in [0.717, 1.165) is 9.13 Å². The van der Waals surface area contributed by atoms with Crippen LogP contribution < -0.4 is 11.4 Å². The molecule has 0 bridgehead atoms. The van der Waals surface area contributed by atoms with Crippen molar-refractivity contribution in [3.63, 3.8) is 0 Å². The molecule has 3 heterocycles. The summed E-state index contributed by atoms with van der Waals surface area (Å²) >= 11 is 6.02. The van der Waals surface area contributed by atoms with Gasteiger partial charge in [-0.15, -0.1) is 0 Å². The maximum Gasteiger partial charge on any atom is 0.390 e. The number of aromatic nitrogens is 4. The van der Waals surface area contributed by atoms with Crippen LogP contribution in [0.25, 0.3) is 11.2 Å². The molecule has 0 aliphatic carbocycles. The molecule has 1 fully saturated rings. The number of fused-ring (bicyclic) bond motifs is 1. The molecule has 4 atom stereocenters. The SMILES string of the molecule is CC[C@H](O)[C@@H]1C[C@@H](O)[C@H](n2c(=O)n(CCC(F)(F)F)c3c(Cl)nc(N)nc32)O1. The summed E-state index contributed by atoms with van der Waals surface area (Å²) in [5, 5.41) is 20.0. The van der Waals surface area contributed by atoms with E-state index in [4.69, 9.17) is 22.1 Å². The van der Waals surface area contributed by atoms with Gasteiger partial charge in [0.25, 0.3) is 0 Å². The summed E-state index contributed by atoms with van der Waals surface area (Å²) < 4.78 is 45.4. The molecule has 3 rings (SSSR count). The van der Waals surface area contributed by atoms with E-state index in [0.29, 0.717) is 6.42 Å². The van der Waals surface area contributed by atoms with Crippen molar-refractivity contribution >= 4 is 28.7 Å². The van der Waals surface area contributed by atoms with Gasteiger partial charge in [-0.1, -0.05) is 18.5 Å². The third-order valence-electron chi connectivity index (χ3n) is 4.61. The molecule has 2 aromatic rings. The number of aliphatic hydroxyl groups excluding tert-OH is 2. The summed E-state index contributed by atoms with van der Waals surface area (Å²) in [6.07, 6.45) is -9.48. The molecule has 4 N–H and O–H groups in total. The van der Waals surface area contributed by atoms with E-state index in [1.807, 2.05) is 0 Å². The van der Waals surface area contributed by atoms with Gasteiger partial charge in [0.1, 0.15) is 11.6 Å². The molecular formula is C15H19ClF3N5O4. The van der Waals surface area contributed by atoms with Crippen LogP contribution in [0.4, 0.5) is 19.1 Å². The standard InChI is InChI=1S/C15H19ClF3N5O4/c1-2-6(25)8-5-7(26)12(28-8)24-11-9(10(16)21-13(20)22-11)23(14(24)27)4-3-15(17,18)19/h6-8,12,25-26H,2-5H2,1H3,(H2,20,21,22)/t6-,7+,8-,12+/m0/s1. The number of hydrogen-bond donors (Lipinski definition) is 3. The van der Waals surface area contributed by atoms with Gasteiger partial charge >= 0.3 is 11.9 Å². The molecule has 0 unspecified atom stereocenters. The highest BCUT2D eigenvalue weighted by Gasteiger charge is 2.41. The van der Waals surface area contributed by atoms with Crippen molar-refractivity contribution in [1.82, 2.24) is 19.1 Å². The predicted molar refractivity (Wildman–Crippen MR) is 92.7 cm³/mol. The lowest BCUT2D eigenvalue weighted by molar-refractivity contribution is -0.136. The molecule has 28 heavy (non-hydrogen) atoms. The monoisotopic (exact) mass is 425 g/mol. The highest BCUT2D eigenvalue weighted by atomic mass is 35.5. The fourth-order valence-corrected chi connectivity index (χ4v) is 3.52. The number of imidazole rings is 1. The maximum atomic E-state index is 12.9. The summed E-state index contributed by atoms with van der Waals surface area (Å²) in [6.45, 7) is 0.999. The number of ether oxygens (including phenoxy) is 1. The fourth-order valence-electron chi connectivity index (χ4n) is 3.25. The van der Waals surface area contributed by atoms with Crippen molar-refractivity contribution in [2.24, 2.45) is 0 Å². The molecule has 0 radical (unpaired) electrons. The van der Waals surface area contributed by atoms with Gasteiger partial charge in [-0.05, 0) is 6.42 Å². The molecule has 13 heteroatoms. The normalized spacial score (nSPS) is 24.2. The van der Waals surface area contributed by atoms with Crippen LogP contribution in [0.1, 0.15) is 32.4 Å². The van der Waals surface area contributed by atoms with Gasteiger partial charge in [-0.25, -0.2) is 9.36 Å². The summed E-state index contributed by atoms with van der Waals surface area (Å²) in [4.78, 5) is 20.5. The highest BCUT2D eigenvalue weighted by Crippen LogP contribution is 2.34. The molecule has 156 valence electrons. The number of rotatable bonds is 5. The van der Waals surface area contributed by atoms with Gasteiger partial charge in [0.2, 0.25) is 5.95 Å². The van der Waals surface area contributed by atoms with Crippen molar-refractivity contribution in [1.29, 1.82) is 0 Å². The van der Waals surface area contributed by atoms with Gasteiger partial charge in [-0.2, -0.15) is 23.1 Å². The summed E-state index contributed by atoms with van der Waals surface area (Å²) in [5.41, 5.74) is 4.38. The van der Waals surface area contributed by atoms with Gasteiger partial charge in [0.05, 0.1) is 18.6 Å². The van der Waals surface area contributed by atoms with Crippen molar-refractivity contribution in [3.8, 4) is 0 Å². The second kappa shape index (κ2) is 7.50. The van der Waals surface area contributed by atoms with Crippen LogP contribution in [0.5, 0.6) is 0 Å². The van der Waals surface area contributed by atoms with Crippen molar-refractivity contribution in [2.45, 2.75) is 63.4 Å². The first-order chi connectivity index (χ1) is 13.0. The van der Waals surface area contributed by atoms with Crippen LogP contribution in [0.15, 0.2) is 4.79 Å². The van der Waals surface area contributed by atoms with E-state index in [1.165, 1.54) is 0 Å². The Morgan fingerprint density at radius 2 is 2.11 bits per heavy atom. The highest BCUT2D eigenvalue weighted by molar-refractivity contribution is 6.33. The van der Waals surface area contributed by atoms with Gasteiger partial charge in [0.15, 0.2) is 17.0 Å². The number of halogens is 4. The maximum absolute atomic E-state index is 12.9. The second-order valence-corrected chi connectivity index (χ2v) is 6.92. The third-order valence-corrected chi connectivity index (χ3v) is 4.88. The quantitative estimate of drug-likeness (QED) is 0.614. The molecule has 0 spiro atoms. The predicted octanol–water partition coefficient (Wildman–Crippen LogP) is 1.20. The Kier molecular flexibility index (Phi) is 5.58. The Bertz CT molecular complexity index is 931. The lowest BCUT2D eigenvalue weighted by Crippen LogP contribution is -2.33. The number of aryl methyl sites for hydroxylation is 1. The molecule has 1 aliphatic heterocycles. The Labute approximate surface area is 161 Å². The minimum Gasteiger partial charge on any atom is -0.390 e. The average Bonchev–Trinajstić information content (AvgIpc) is 3.09. The van der Waals surface area contributed by atoms with Crippen LogP contribution in [0.2, 0.25) is 5.15 Å². The van der Waals surface area contributed by atoms with Crippen molar-refractivity contribution in [2.75, 3.05) is 5.73 Å². The molecule has 1 aliphatic rings. The van der Waals surface area contributed by atoms with Gasteiger partial charge in [0, 0.05) is 13.0 Å². The number of alkyl halides is 3. The molecule has 0 aromatic carbocycles. The zero-order chi connectivity index (χ0) is 20.8. The zero-order valence-corrected chi connectivity index (χ0v) is 15.5. The Hall–Kier alpha value is -1.89. The first-order valence-corrected chi connectivity index (χ1v) is 8.93. The van der Waals surface area contributed by atoms with E-state index in [2.05, 4.69) is 9.97 Å². The number of hydrogen-bond acceptors (Lipinski definition) is 7. The Balaban J connectivity index is 2.12. The Morgan fingerprint density at radius 3 is 2.71 bits per heavy atom. The molecule has 2 aromatic heterocycles. The van der Waals surface area contributed by atoms with E-state index < -0.39 is 49.4 Å². The smallest absolute Gasteiger partial charge is 0.390 e. The Morgan fingerprint density at radius 1 is 1.43 bits per heavy atom. The minimum atomic E-state index is -4.51. The van der Waals surface area contributed by atoms with E-state index in [-0.39, 0.29) is 28.7 Å². The number of nitrogens with two attached hydrogens (primary N) is 1. The molecule has 1 saturated heterocycles. The van der Waals surface area contributed by atoms with Crippen LogP contribution in [0.3, 0.4) is 0 Å². The largest absolute Gasteiger partial charge is 0.390 e. The number of nitrogen functional groups attached to an aromatic ring is 1. The fraction of sp³-hybridized carbons (Fsp3) is 0.667. The van der Waals surface area contributed by atoms with Crippen LogP contribution in [-0.2, 0) is 11.3 Å². The third kappa shape index (κ3) is 3.81. The average molecular weight is 426 g/mol. The molecule has 0 amide bonds. The number of aliphatic hydroxyl groups is 2. The van der Waals surface area contributed by atoms with E-state index >= 15 is 0 Å². The van der Waals surface area contributed by atoms with E-state index in [1.54, 1.807) is 6.92 Å². The van der Waals surface area contributed by atoms with Crippen LogP contribution >= 0.6 is 11.6 Å². The summed E-state index contributed by atoms with van der Waals surface area (Å²) in [7, 11) is 0. The van der Waals surface area contributed by atoms with Crippen LogP contribution in [-0.4, -0.2) is 53.8 Å². The number of nitrogens with zero attached hydrogens (tertiary/aromatic N) is 4. The summed E-state index contributed by atoms with van der Waals surface area (Å²) in [6, 6.07) is 0. The summed E-state index contributed by atoms with van der Waals surface area (Å²) in [5.74, 6) is -0.295. The molecule has 0 saturated carbocycles. The lowest BCUT2D eigenvalue weighted by atomic mass is 10.1. The van der Waals surface area contributed by atoms with Crippen molar-refractivity contribution < 1.29 is 28.1 Å². The molecule has 9 nitrogen and oxygen atoms in total. The lowest BCUT2D eigenvalue weighted by Gasteiger charge is -2.18. The van der Waals surface area contributed by atoms with E-state index in [9.17, 15) is 28.2 Å². The molecular weight excluding hydrogens is 407 g/mol. The van der Waals surface area contributed by atoms with Gasteiger partial charge in [-0.3, -0.25) is 4.57 Å². The topological polar surface area (TPSA) is 128 Å².